The summed E-state index contributed by atoms with van der Waals surface area (Å²) in [6, 6.07) is 4.09. The van der Waals surface area contributed by atoms with Gasteiger partial charge in [0.15, 0.2) is 5.96 Å². The predicted octanol–water partition coefficient (Wildman–Crippen LogP) is 2.38. The minimum absolute atomic E-state index is 0.708. The Hall–Kier alpha value is -2.37. The summed E-state index contributed by atoms with van der Waals surface area (Å²) in [5, 5.41) is 3.38. The molecule has 0 spiro atoms. The highest BCUT2D eigenvalue weighted by Crippen LogP contribution is 2.08. The summed E-state index contributed by atoms with van der Waals surface area (Å²) in [6.45, 7) is 5.87. The third-order valence-corrected chi connectivity index (χ3v) is 3.75. The molecule has 0 radical (unpaired) electrons. The number of imidazole rings is 1. The number of pyridine rings is 1. The lowest BCUT2D eigenvalue weighted by Crippen LogP contribution is -2.38. The Morgan fingerprint density at radius 1 is 1.35 bits per heavy atom. The van der Waals surface area contributed by atoms with Crippen LogP contribution < -0.4 is 5.32 Å². The summed E-state index contributed by atoms with van der Waals surface area (Å²) < 4.78 is 1.97. The van der Waals surface area contributed by atoms with Gasteiger partial charge in [-0.3, -0.25) is 9.56 Å². The SMILES string of the molecule is CCCCN(C)C(=NC)NCc1ccc(-n2ccnc2C)nc1. The molecular formula is C17H26N6. The molecule has 0 atom stereocenters. The van der Waals surface area contributed by atoms with Crippen LogP contribution in [-0.4, -0.2) is 46.0 Å². The zero-order chi connectivity index (χ0) is 16.7. The number of rotatable bonds is 6. The zero-order valence-corrected chi connectivity index (χ0v) is 14.5. The van der Waals surface area contributed by atoms with Gasteiger partial charge in [0.05, 0.1) is 0 Å². The molecule has 0 aliphatic rings. The molecule has 0 unspecified atom stereocenters. The average Bonchev–Trinajstić information content (AvgIpc) is 3.00. The lowest BCUT2D eigenvalue weighted by atomic mass is 10.3. The van der Waals surface area contributed by atoms with Crippen LogP contribution in [-0.2, 0) is 6.54 Å². The van der Waals surface area contributed by atoms with E-state index < -0.39 is 0 Å². The van der Waals surface area contributed by atoms with Crippen molar-refractivity contribution in [3.63, 3.8) is 0 Å². The van der Waals surface area contributed by atoms with Crippen molar-refractivity contribution in [2.24, 2.45) is 4.99 Å². The third kappa shape index (κ3) is 4.55. The first kappa shape index (κ1) is 17.0. The number of guanidine groups is 1. The molecule has 124 valence electrons. The van der Waals surface area contributed by atoms with E-state index in [2.05, 4.69) is 45.2 Å². The van der Waals surface area contributed by atoms with Crippen molar-refractivity contribution in [3.8, 4) is 5.82 Å². The van der Waals surface area contributed by atoms with Gasteiger partial charge in [0.2, 0.25) is 0 Å². The molecule has 0 aliphatic carbocycles. The second-order valence-corrected chi connectivity index (χ2v) is 5.54. The molecule has 2 rings (SSSR count). The van der Waals surface area contributed by atoms with Crippen LogP contribution in [0.25, 0.3) is 5.82 Å². The van der Waals surface area contributed by atoms with Crippen molar-refractivity contribution in [1.82, 2.24) is 24.8 Å². The van der Waals surface area contributed by atoms with Gasteiger partial charge in [-0.2, -0.15) is 0 Å². The monoisotopic (exact) mass is 314 g/mol. The Bertz CT molecular complexity index is 629. The fourth-order valence-corrected chi connectivity index (χ4v) is 2.35. The van der Waals surface area contributed by atoms with Crippen molar-refractivity contribution < 1.29 is 0 Å². The maximum atomic E-state index is 4.51. The lowest BCUT2D eigenvalue weighted by molar-refractivity contribution is 0.464. The van der Waals surface area contributed by atoms with Crippen molar-refractivity contribution in [1.29, 1.82) is 0 Å². The van der Waals surface area contributed by atoms with Crippen molar-refractivity contribution in [3.05, 3.63) is 42.1 Å². The Labute approximate surface area is 138 Å². The van der Waals surface area contributed by atoms with Gasteiger partial charge >= 0.3 is 0 Å². The van der Waals surface area contributed by atoms with Crippen LogP contribution in [0, 0.1) is 6.92 Å². The van der Waals surface area contributed by atoms with E-state index in [1.807, 2.05) is 37.0 Å². The minimum atomic E-state index is 0.708. The summed E-state index contributed by atoms with van der Waals surface area (Å²) >= 11 is 0. The second-order valence-electron chi connectivity index (χ2n) is 5.54. The highest BCUT2D eigenvalue weighted by Gasteiger charge is 2.06. The molecule has 6 heteroatoms. The maximum absolute atomic E-state index is 4.51. The van der Waals surface area contributed by atoms with Gasteiger partial charge in [-0.05, 0) is 25.0 Å². The molecule has 0 fully saturated rings. The molecule has 6 nitrogen and oxygen atoms in total. The van der Waals surface area contributed by atoms with Crippen LogP contribution in [0.3, 0.4) is 0 Å². The Balaban J connectivity index is 1.94. The molecule has 2 heterocycles. The number of nitrogens with zero attached hydrogens (tertiary/aromatic N) is 5. The van der Waals surface area contributed by atoms with E-state index in [0.717, 1.165) is 36.1 Å². The highest BCUT2D eigenvalue weighted by atomic mass is 15.3. The number of aryl methyl sites for hydroxylation is 1. The molecule has 0 saturated heterocycles. The van der Waals surface area contributed by atoms with Crippen molar-refractivity contribution >= 4 is 5.96 Å². The van der Waals surface area contributed by atoms with Crippen molar-refractivity contribution in [2.45, 2.75) is 33.2 Å². The molecule has 1 N–H and O–H groups in total. The second kappa shape index (κ2) is 8.31. The van der Waals surface area contributed by atoms with Gasteiger partial charge in [-0.15, -0.1) is 0 Å². The average molecular weight is 314 g/mol. The maximum Gasteiger partial charge on any atom is 0.193 e. The van der Waals surface area contributed by atoms with E-state index in [4.69, 9.17) is 0 Å². The number of unbranched alkanes of at least 4 members (excludes halogenated alkanes) is 1. The number of hydrogen-bond acceptors (Lipinski definition) is 3. The van der Waals surface area contributed by atoms with E-state index >= 15 is 0 Å². The smallest absolute Gasteiger partial charge is 0.193 e. The van der Waals surface area contributed by atoms with Crippen LogP contribution in [0.15, 0.2) is 35.7 Å². The van der Waals surface area contributed by atoms with Gasteiger partial charge in [0, 0.05) is 45.8 Å². The van der Waals surface area contributed by atoms with E-state index in [0.29, 0.717) is 6.54 Å². The van der Waals surface area contributed by atoms with Gasteiger partial charge in [-0.1, -0.05) is 19.4 Å². The summed E-state index contributed by atoms with van der Waals surface area (Å²) in [4.78, 5) is 15.2. The lowest BCUT2D eigenvalue weighted by Gasteiger charge is -2.21. The molecule has 0 aromatic carbocycles. The molecule has 23 heavy (non-hydrogen) atoms. The first-order valence-corrected chi connectivity index (χ1v) is 8.02. The van der Waals surface area contributed by atoms with Gasteiger partial charge in [-0.25, -0.2) is 9.97 Å². The number of hydrogen-bond donors (Lipinski definition) is 1. The topological polar surface area (TPSA) is 58.3 Å². The van der Waals surface area contributed by atoms with E-state index in [1.165, 1.54) is 6.42 Å². The van der Waals surface area contributed by atoms with Crippen LogP contribution in [0.2, 0.25) is 0 Å². The zero-order valence-electron chi connectivity index (χ0n) is 14.5. The largest absolute Gasteiger partial charge is 0.352 e. The van der Waals surface area contributed by atoms with Crippen molar-refractivity contribution in [2.75, 3.05) is 20.6 Å². The Morgan fingerprint density at radius 3 is 2.74 bits per heavy atom. The normalized spacial score (nSPS) is 11.6. The van der Waals surface area contributed by atoms with Gasteiger partial charge in [0.25, 0.3) is 0 Å². The number of aromatic nitrogens is 3. The molecule has 2 aromatic heterocycles. The molecular weight excluding hydrogens is 288 g/mol. The van der Waals surface area contributed by atoms with Gasteiger partial charge in [0.1, 0.15) is 11.6 Å². The minimum Gasteiger partial charge on any atom is -0.352 e. The molecule has 0 bridgehead atoms. The molecule has 0 saturated carbocycles. The summed E-state index contributed by atoms with van der Waals surface area (Å²) in [7, 11) is 3.88. The predicted molar refractivity (Wildman–Crippen MR) is 93.8 cm³/mol. The Kier molecular flexibility index (Phi) is 6.14. The quantitative estimate of drug-likeness (QED) is 0.657. The van der Waals surface area contributed by atoms with Crippen LogP contribution >= 0.6 is 0 Å². The molecule has 0 aliphatic heterocycles. The molecule has 0 amide bonds. The van der Waals surface area contributed by atoms with Gasteiger partial charge < -0.3 is 10.2 Å². The van der Waals surface area contributed by atoms with Crippen LogP contribution in [0.5, 0.6) is 0 Å². The highest BCUT2D eigenvalue weighted by molar-refractivity contribution is 5.79. The number of aliphatic imine (C=N–C) groups is 1. The van der Waals surface area contributed by atoms with Crippen LogP contribution in [0.4, 0.5) is 0 Å². The first-order chi connectivity index (χ1) is 11.2. The summed E-state index contributed by atoms with van der Waals surface area (Å²) in [6.07, 6.45) is 7.93. The molecule has 2 aromatic rings. The van der Waals surface area contributed by atoms with Crippen LogP contribution in [0.1, 0.15) is 31.2 Å². The first-order valence-electron chi connectivity index (χ1n) is 8.02. The fourth-order valence-electron chi connectivity index (χ4n) is 2.35. The van der Waals surface area contributed by atoms with E-state index in [9.17, 15) is 0 Å². The fraction of sp³-hybridized carbons (Fsp3) is 0.471. The van der Waals surface area contributed by atoms with E-state index in [-0.39, 0.29) is 0 Å². The summed E-state index contributed by atoms with van der Waals surface area (Å²) in [5.41, 5.74) is 1.12. The Morgan fingerprint density at radius 2 is 2.17 bits per heavy atom. The standard InChI is InChI=1S/C17H26N6/c1-5-6-10-22(4)17(18-3)21-13-15-7-8-16(20-12-15)23-11-9-19-14(23)2/h7-9,11-12H,5-6,10,13H2,1-4H3,(H,18,21). The third-order valence-electron chi connectivity index (χ3n) is 3.75. The summed E-state index contributed by atoms with van der Waals surface area (Å²) in [5.74, 6) is 2.72. The number of nitrogens with one attached hydrogen (secondary N) is 1. The van der Waals surface area contributed by atoms with E-state index in [1.54, 1.807) is 6.20 Å².